The van der Waals surface area contributed by atoms with Crippen LogP contribution in [0.15, 0.2) is 29.2 Å². The monoisotopic (exact) mass is 491 g/mol. The zero-order chi connectivity index (χ0) is 24.3. The van der Waals surface area contributed by atoms with Crippen LogP contribution in [0.2, 0.25) is 0 Å². The number of ether oxygens (including phenoxy) is 1. The van der Waals surface area contributed by atoms with Gasteiger partial charge in [-0.25, -0.2) is 9.37 Å². The van der Waals surface area contributed by atoms with Gasteiger partial charge in [0.1, 0.15) is 32.8 Å². The van der Waals surface area contributed by atoms with Crippen LogP contribution >= 0.6 is 11.3 Å². The van der Waals surface area contributed by atoms with Crippen LogP contribution in [-0.4, -0.2) is 47.9 Å². The van der Waals surface area contributed by atoms with E-state index in [4.69, 9.17) is 4.74 Å². The summed E-state index contributed by atoms with van der Waals surface area (Å²) in [6, 6.07) is 6.85. The first-order valence-electron chi connectivity index (χ1n) is 11.5. The van der Waals surface area contributed by atoms with Crippen LogP contribution < -0.4 is 20.4 Å². The number of nitrogens with zero attached hydrogens (tertiary/aromatic N) is 4. The zero-order valence-corrected chi connectivity index (χ0v) is 19.8. The van der Waals surface area contributed by atoms with Gasteiger partial charge in [0.2, 0.25) is 5.43 Å². The van der Waals surface area contributed by atoms with Crippen LogP contribution in [0.25, 0.3) is 32.2 Å². The molecular formula is C25H22FN5O3S. The van der Waals surface area contributed by atoms with Crippen molar-refractivity contribution < 1.29 is 14.2 Å². The van der Waals surface area contributed by atoms with Gasteiger partial charge in [-0.2, -0.15) is 5.26 Å². The maximum atomic E-state index is 15.7. The lowest BCUT2D eigenvalue weighted by Crippen LogP contribution is -2.43. The molecule has 0 unspecified atom stereocenters. The Morgan fingerprint density at radius 2 is 2.09 bits per heavy atom. The molecule has 0 radical (unpaired) electrons. The van der Waals surface area contributed by atoms with E-state index in [-0.39, 0.29) is 38.8 Å². The summed E-state index contributed by atoms with van der Waals surface area (Å²) in [6.07, 6.45) is 3.42. The molecule has 178 valence electrons. The van der Waals surface area contributed by atoms with E-state index < -0.39 is 11.2 Å². The summed E-state index contributed by atoms with van der Waals surface area (Å²) in [5.41, 5.74) is 0.831. The van der Waals surface area contributed by atoms with E-state index in [1.807, 2.05) is 16.7 Å². The maximum absolute atomic E-state index is 15.7. The molecule has 1 saturated heterocycles. The molecule has 2 N–H and O–H groups in total. The fourth-order valence-electron chi connectivity index (χ4n) is 4.92. The van der Waals surface area contributed by atoms with Crippen molar-refractivity contribution in [3.05, 3.63) is 45.3 Å². The van der Waals surface area contributed by atoms with E-state index in [9.17, 15) is 15.2 Å². The first-order valence-corrected chi connectivity index (χ1v) is 12.3. The van der Waals surface area contributed by atoms with Crippen molar-refractivity contribution in [2.75, 3.05) is 38.2 Å². The first-order chi connectivity index (χ1) is 17.0. The van der Waals surface area contributed by atoms with Gasteiger partial charge in [0.05, 0.1) is 23.6 Å². The first kappa shape index (κ1) is 21.8. The van der Waals surface area contributed by atoms with Gasteiger partial charge in [-0.3, -0.25) is 4.79 Å². The Kier molecular flexibility index (Phi) is 5.12. The minimum absolute atomic E-state index is 0.0602. The number of nitrogens with one attached hydrogen (secondary N) is 1. The number of thiophene rings is 1. The topological polar surface area (TPSA) is 103 Å². The molecule has 6 rings (SSSR count). The van der Waals surface area contributed by atoms with Crippen LogP contribution in [0.3, 0.4) is 0 Å². The van der Waals surface area contributed by atoms with Crippen molar-refractivity contribution in [3.8, 4) is 28.7 Å². The number of rotatable bonds is 4. The smallest absolute Gasteiger partial charge is 0.202 e. The lowest BCUT2D eigenvalue weighted by Gasteiger charge is -2.28. The molecule has 10 heteroatoms. The maximum Gasteiger partial charge on any atom is 0.202 e. The van der Waals surface area contributed by atoms with Crippen LogP contribution in [0.4, 0.5) is 10.2 Å². The number of piperazine rings is 1. The molecule has 0 atom stereocenters. The lowest BCUT2D eigenvalue weighted by atomic mass is 10.0. The molecule has 4 aromatic rings. The number of aromatic hydroxyl groups is 1. The predicted octanol–water partition coefficient (Wildman–Crippen LogP) is 3.75. The highest BCUT2D eigenvalue weighted by Crippen LogP contribution is 2.48. The van der Waals surface area contributed by atoms with Crippen molar-refractivity contribution in [2.24, 2.45) is 0 Å². The van der Waals surface area contributed by atoms with E-state index >= 15 is 4.39 Å². The van der Waals surface area contributed by atoms with Gasteiger partial charge in [-0.1, -0.05) is 0 Å². The fraction of sp³-hybridized carbons (Fsp3) is 0.320. The number of hydrogen-bond donors (Lipinski definition) is 2. The number of aromatic nitrogens is 2. The Morgan fingerprint density at radius 3 is 2.77 bits per heavy atom. The molecule has 1 aliphatic carbocycles. The molecule has 2 aliphatic rings. The third kappa shape index (κ3) is 3.34. The van der Waals surface area contributed by atoms with Crippen LogP contribution in [0.5, 0.6) is 11.5 Å². The number of methoxy groups -OCH3 is 1. The molecule has 35 heavy (non-hydrogen) atoms. The number of fused-ring (bicyclic) bond motifs is 2. The second-order valence-electron chi connectivity index (χ2n) is 8.80. The third-order valence-electron chi connectivity index (χ3n) is 6.70. The van der Waals surface area contributed by atoms with Gasteiger partial charge in [-0.15, -0.1) is 11.3 Å². The minimum atomic E-state index is -0.596. The molecule has 0 amide bonds. The number of nitriles is 1. The lowest BCUT2D eigenvalue weighted by molar-refractivity contribution is 0.416. The third-order valence-corrected chi connectivity index (χ3v) is 7.78. The van der Waals surface area contributed by atoms with Crippen LogP contribution in [-0.2, 0) is 0 Å². The van der Waals surface area contributed by atoms with Crippen molar-refractivity contribution in [3.63, 3.8) is 0 Å². The second kappa shape index (κ2) is 8.22. The van der Waals surface area contributed by atoms with Crippen molar-refractivity contribution in [1.82, 2.24) is 14.9 Å². The summed E-state index contributed by atoms with van der Waals surface area (Å²) in [5, 5.41) is 23.5. The SMILES string of the molecule is COc1c(-c2ccnc(N3CCNCC3)c2)c(F)cc2c(=O)c3c(O)c(C#N)sc3n(C3CC3)c12. The van der Waals surface area contributed by atoms with E-state index in [0.29, 0.717) is 15.9 Å². The molecule has 1 saturated carbocycles. The Labute approximate surface area is 203 Å². The van der Waals surface area contributed by atoms with Gasteiger partial charge in [0, 0.05) is 38.4 Å². The van der Waals surface area contributed by atoms with E-state index in [1.54, 1.807) is 12.3 Å². The quantitative estimate of drug-likeness (QED) is 0.448. The highest BCUT2D eigenvalue weighted by atomic mass is 32.1. The molecule has 2 fully saturated rings. The largest absolute Gasteiger partial charge is 0.505 e. The van der Waals surface area contributed by atoms with Crippen LogP contribution in [0, 0.1) is 17.1 Å². The van der Waals surface area contributed by atoms with E-state index in [0.717, 1.165) is 56.2 Å². The Balaban J connectivity index is 1.67. The molecule has 4 heterocycles. The zero-order valence-electron chi connectivity index (χ0n) is 19.0. The molecule has 0 spiro atoms. The fourth-order valence-corrected chi connectivity index (χ4v) is 5.98. The summed E-state index contributed by atoms with van der Waals surface area (Å²) in [7, 11) is 1.47. The van der Waals surface area contributed by atoms with Crippen molar-refractivity contribution in [1.29, 1.82) is 5.26 Å². The van der Waals surface area contributed by atoms with Gasteiger partial charge < -0.3 is 24.6 Å². The highest BCUT2D eigenvalue weighted by molar-refractivity contribution is 7.19. The normalized spacial score (nSPS) is 16.1. The second-order valence-corrected chi connectivity index (χ2v) is 9.80. The highest BCUT2D eigenvalue weighted by Gasteiger charge is 2.33. The molecule has 1 aromatic carbocycles. The minimum Gasteiger partial charge on any atom is -0.505 e. The summed E-state index contributed by atoms with van der Waals surface area (Å²) in [4.78, 5) is 20.7. The Morgan fingerprint density at radius 1 is 1.31 bits per heavy atom. The summed E-state index contributed by atoms with van der Waals surface area (Å²) in [5.74, 6) is 0.0741. The summed E-state index contributed by atoms with van der Waals surface area (Å²) >= 11 is 1.07. The molecule has 8 nitrogen and oxygen atoms in total. The number of hydrogen-bond acceptors (Lipinski definition) is 8. The van der Waals surface area contributed by atoms with Gasteiger partial charge in [0.25, 0.3) is 0 Å². The number of anilines is 1. The number of pyridine rings is 2. The number of halogens is 1. The average molecular weight is 492 g/mol. The van der Waals surface area contributed by atoms with Gasteiger partial charge in [-0.05, 0) is 36.6 Å². The average Bonchev–Trinajstić information content (AvgIpc) is 3.67. The van der Waals surface area contributed by atoms with Gasteiger partial charge >= 0.3 is 0 Å². The standard InChI is InChI=1S/C25H22FN5O3S/c1-34-24-19(13-4-5-29-18(10-13)30-8-6-28-7-9-30)16(26)11-15-21(24)31(14-2-3-14)25-20(22(15)32)23(33)17(12-27)35-25/h4-5,10-11,14,28,33H,2-3,6-9H2,1H3. The van der Waals surface area contributed by atoms with E-state index in [2.05, 4.69) is 15.2 Å². The van der Waals surface area contributed by atoms with Gasteiger partial charge in [0.15, 0.2) is 11.5 Å². The van der Waals surface area contributed by atoms with E-state index in [1.165, 1.54) is 13.2 Å². The summed E-state index contributed by atoms with van der Waals surface area (Å²) < 4.78 is 23.5. The number of benzene rings is 1. The Bertz CT molecular complexity index is 1600. The molecule has 1 aliphatic heterocycles. The Hall–Kier alpha value is -3.68. The molecular weight excluding hydrogens is 469 g/mol. The predicted molar refractivity (Wildman–Crippen MR) is 133 cm³/mol. The van der Waals surface area contributed by atoms with Crippen LogP contribution in [0.1, 0.15) is 23.8 Å². The van der Waals surface area contributed by atoms with Crippen molar-refractivity contribution >= 4 is 38.3 Å². The summed E-state index contributed by atoms with van der Waals surface area (Å²) in [6.45, 7) is 3.30. The molecule has 3 aromatic heterocycles. The van der Waals surface area contributed by atoms with Crippen molar-refractivity contribution in [2.45, 2.75) is 18.9 Å². The molecule has 0 bridgehead atoms.